The van der Waals surface area contributed by atoms with Crippen LogP contribution in [0.5, 0.6) is 0 Å². The number of thiophene rings is 1. The number of amides is 2. The summed E-state index contributed by atoms with van der Waals surface area (Å²) in [5, 5.41) is 8.46. The molecule has 7 nitrogen and oxygen atoms in total. The van der Waals surface area contributed by atoms with Crippen molar-refractivity contribution < 1.29 is 27.3 Å². The maximum atomic E-state index is 12.7. The summed E-state index contributed by atoms with van der Waals surface area (Å²) < 4.78 is 43.2. The molecule has 0 spiro atoms. The van der Waals surface area contributed by atoms with Gasteiger partial charge in [0.1, 0.15) is 0 Å². The van der Waals surface area contributed by atoms with E-state index in [1.807, 2.05) is 17.5 Å². The molecule has 0 atom stereocenters. The molecule has 2 amide bonds. The molecule has 0 aliphatic rings. The lowest BCUT2D eigenvalue weighted by Crippen LogP contribution is -2.40. The number of nitrogens with zero attached hydrogens (tertiary/aromatic N) is 3. The minimum atomic E-state index is -4.93. The Bertz CT molecular complexity index is 1030. The van der Waals surface area contributed by atoms with Gasteiger partial charge in [0.25, 0.3) is 0 Å². The second kappa shape index (κ2) is 9.73. The van der Waals surface area contributed by atoms with Crippen molar-refractivity contribution in [2.75, 3.05) is 11.9 Å². The first-order valence-corrected chi connectivity index (χ1v) is 10.3. The molecular formula is C20H19F3N4O3S. The van der Waals surface area contributed by atoms with Crippen LogP contribution in [0.3, 0.4) is 0 Å². The summed E-state index contributed by atoms with van der Waals surface area (Å²) >= 11 is 1.47. The summed E-state index contributed by atoms with van der Waals surface area (Å²) in [6, 6.07) is 10.1. The van der Waals surface area contributed by atoms with Crippen LogP contribution in [0.4, 0.5) is 18.9 Å². The second-order valence-electron chi connectivity index (χ2n) is 6.55. The van der Waals surface area contributed by atoms with E-state index in [0.29, 0.717) is 27.9 Å². The Labute approximate surface area is 179 Å². The normalized spacial score (nSPS) is 11.4. The number of anilines is 1. The molecule has 164 valence electrons. The molecular weight excluding hydrogens is 433 g/mol. The van der Waals surface area contributed by atoms with E-state index >= 15 is 0 Å². The van der Waals surface area contributed by atoms with Gasteiger partial charge in [-0.3, -0.25) is 9.59 Å². The van der Waals surface area contributed by atoms with E-state index in [2.05, 4.69) is 15.5 Å². The lowest BCUT2D eigenvalue weighted by Gasteiger charge is -2.22. The average Bonchev–Trinajstić information content (AvgIpc) is 3.41. The van der Waals surface area contributed by atoms with Crippen molar-refractivity contribution in [1.29, 1.82) is 0 Å². The lowest BCUT2D eigenvalue weighted by atomic mass is 10.1. The van der Waals surface area contributed by atoms with Gasteiger partial charge in [0, 0.05) is 31.6 Å². The summed E-state index contributed by atoms with van der Waals surface area (Å²) in [4.78, 5) is 29.5. The predicted octanol–water partition coefficient (Wildman–Crippen LogP) is 4.28. The zero-order valence-electron chi connectivity index (χ0n) is 16.5. The first kappa shape index (κ1) is 22.5. The van der Waals surface area contributed by atoms with Crippen LogP contribution < -0.4 is 5.32 Å². The standard InChI is InChI=1S/C20H19F3N4O3S/c1-2-27(19(29)20(21,22)23)12-13-5-3-6-14(11-13)24-16(28)8-9-17-25-18(26-30-17)15-7-4-10-31-15/h3-7,10-11H,2,8-9,12H2,1H3,(H,24,28). The molecule has 0 bridgehead atoms. The number of halogens is 3. The zero-order chi connectivity index (χ0) is 22.4. The number of rotatable bonds is 8. The number of carbonyl (C=O) groups excluding carboxylic acids is 2. The molecule has 0 aliphatic heterocycles. The lowest BCUT2D eigenvalue weighted by molar-refractivity contribution is -0.185. The highest BCUT2D eigenvalue weighted by Gasteiger charge is 2.41. The summed E-state index contributed by atoms with van der Waals surface area (Å²) in [5.74, 6) is -1.42. The smallest absolute Gasteiger partial charge is 0.339 e. The molecule has 0 saturated heterocycles. The summed E-state index contributed by atoms with van der Waals surface area (Å²) in [7, 11) is 0. The summed E-state index contributed by atoms with van der Waals surface area (Å²) in [5.41, 5.74) is 0.887. The van der Waals surface area contributed by atoms with Crippen molar-refractivity contribution in [3.05, 3.63) is 53.2 Å². The van der Waals surface area contributed by atoms with Crippen LogP contribution in [0, 0.1) is 0 Å². The summed E-state index contributed by atoms with van der Waals surface area (Å²) in [6.45, 7) is 1.16. The SMILES string of the molecule is CCN(Cc1cccc(NC(=O)CCc2nc(-c3cccs3)no2)c1)C(=O)C(F)(F)F. The van der Waals surface area contributed by atoms with Gasteiger partial charge in [-0.25, -0.2) is 0 Å². The van der Waals surface area contributed by atoms with Gasteiger partial charge in [-0.15, -0.1) is 11.3 Å². The van der Waals surface area contributed by atoms with E-state index in [1.54, 1.807) is 18.2 Å². The summed E-state index contributed by atoms with van der Waals surface area (Å²) in [6.07, 6.45) is -4.60. The van der Waals surface area contributed by atoms with Crippen LogP contribution >= 0.6 is 11.3 Å². The first-order valence-electron chi connectivity index (χ1n) is 9.37. The van der Waals surface area contributed by atoms with Crippen LogP contribution in [0.15, 0.2) is 46.3 Å². The van der Waals surface area contributed by atoms with Crippen LogP contribution in [0.1, 0.15) is 24.8 Å². The minimum Gasteiger partial charge on any atom is -0.339 e. The Morgan fingerprint density at radius 2 is 2.03 bits per heavy atom. The zero-order valence-corrected chi connectivity index (χ0v) is 17.3. The maximum Gasteiger partial charge on any atom is 0.471 e. The molecule has 0 aliphatic carbocycles. The van der Waals surface area contributed by atoms with Crippen molar-refractivity contribution in [3.63, 3.8) is 0 Å². The van der Waals surface area contributed by atoms with Gasteiger partial charge in [0.05, 0.1) is 4.88 Å². The van der Waals surface area contributed by atoms with Gasteiger partial charge in [0.15, 0.2) is 0 Å². The van der Waals surface area contributed by atoms with Crippen molar-refractivity contribution in [3.8, 4) is 10.7 Å². The van der Waals surface area contributed by atoms with E-state index < -0.39 is 12.1 Å². The Morgan fingerprint density at radius 1 is 1.23 bits per heavy atom. The van der Waals surface area contributed by atoms with Crippen molar-refractivity contribution in [2.24, 2.45) is 0 Å². The number of carbonyl (C=O) groups is 2. The topological polar surface area (TPSA) is 88.3 Å². The third kappa shape index (κ3) is 6.14. The van der Waals surface area contributed by atoms with Crippen LogP contribution in [-0.2, 0) is 22.6 Å². The molecule has 2 heterocycles. The largest absolute Gasteiger partial charge is 0.471 e. The number of aryl methyl sites for hydroxylation is 1. The highest BCUT2D eigenvalue weighted by atomic mass is 32.1. The molecule has 0 radical (unpaired) electrons. The quantitative estimate of drug-likeness (QED) is 0.551. The minimum absolute atomic E-state index is 0.0872. The van der Waals surface area contributed by atoms with Crippen LogP contribution in [0.2, 0.25) is 0 Å². The Balaban J connectivity index is 1.55. The van der Waals surface area contributed by atoms with Crippen molar-refractivity contribution in [1.82, 2.24) is 15.0 Å². The highest BCUT2D eigenvalue weighted by molar-refractivity contribution is 7.13. The third-order valence-electron chi connectivity index (χ3n) is 4.27. The fraction of sp³-hybridized carbons (Fsp3) is 0.300. The number of hydrogen-bond donors (Lipinski definition) is 1. The van der Waals surface area contributed by atoms with Gasteiger partial charge in [0.2, 0.25) is 17.6 Å². The van der Waals surface area contributed by atoms with Gasteiger partial charge < -0.3 is 14.7 Å². The molecule has 11 heteroatoms. The third-order valence-corrected chi connectivity index (χ3v) is 5.14. The number of aromatic nitrogens is 2. The second-order valence-corrected chi connectivity index (χ2v) is 7.50. The first-order chi connectivity index (χ1) is 14.8. The molecule has 1 aromatic carbocycles. The Kier molecular flexibility index (Phi) is 7.06. The van der Waals surface area contributed by atoms with E-state index in [9.17, 15) is 22.8 Å². The fourth-order valence-corrected chi connectivity index (χ4v) is 3.43. The fourth-order valence-electron chi connectivity index (χ4n) is 2.78. The van der Waals surface area contributed by atoms with Gasteiger partial charge in [-0.2, -0.15) is 18.2 Å². The molecule has 3 rings (SSSR count). The average molecular weight is 452 g/mol. The van der Waals surface area contributed by atoms with Crippen molar-refractivity contribution >= 4 is 28.8 Å². The monoisotopic (exact) mass is 452 g/mol. The van der Waals surface area contributed by atoms with E-state index in [0.717, 1.165) is 4.88 Å². The van der Waals surface area contributed by atoms with Gasteiger partial charge in [-0.05, 0) is 36.1 Å². The highest BCUT2D eigenvalue weighted by Crippen LogP contribution is 2.22. The van der Waals surface area contributed by atoms with Gasteiger partial charge >= 0.3 is 12.1 Å². The number of nitrogens with one attached hydrogen (secondary N) is 1. The molecule has 2 aromatic heterocycles. The van der Waals surface area contributed by atoms with Gasteiger partial charge in [-0.1, -0.05) is 23.4 Å². The molecule has 1 N–H and O–H groups in total. The van der Waals surface area contributed by atoms with Crippen LogP contribution in [0.25, 0.3) is 10.7 Å². The Hall–Kier alpha value is -3.21. The molecule has 0 fully saturated rings. The molecule has 0 saturated carbocycles. The molecule has 3 aromatic rings. The molecule has 0 unspecified atom stereocenters. The maximum absolute atomic E-state index is 12.7. The number of alkyl halides is 3. The van der Waals surface area contributed by atoms with Crippen LogP contribution in [-0.4, -0.2) is 39.6 Å². The number of benzene rings is 1. The molecule has 31 heavy (non-hydrogen) atoms. The predicted molar refractivity (Wildman–Crippen MR) is 108 cm³/mol. The Morgan fingerprint density at radius 3 is 2.71 bits per heavy atom. The van der Waals surface area contributed by atoms with E-state index in [-0.39, 0.29) is 31.8 Å². The van der Waals surface area contributed by atoms with E-state index in [1.165, 1.54) is 24.3 Å². The van der Waals surface area contributed by atoms with Crippen molar-refractivity contribution in [2.45, 2.75) is 32.5 Å². The van der Waals surface area contributed by atoms with E-state index in [4.69, 9.17) is 4.52 Å². The number of hydrogen-bond acceptors (Lipinski definition) is 6.